The molecule has 6 heteroatoms. The molecule has 0 spiro atoms. The number of hydrogen-bond donors (Lipinski definition) is 3. The molecule has 0 heterocycles. The lowest BCUT2D eigenvalue weighted by molar-refractivity contribution is -0.136. The molecule has 0 atom stereocenters. The number of rotatable bonds is 8. The molecule has 1 rings (SSSR count). The second-order valence-corrected chi connectivity index (χ2v) is 4.55. The first-order chi connectivity index (χ1) is 10.1. The summed E-state index contributed by atoms with van der Waals surface area (Å²) < 4.78 is 5.34. The number of carbonyl (C=O) groups excluding carboxylic acids is 1. The van der Waals surface area contributed by atoms with E-state index in [4.69, 9.17) is 9.84 Å². The highest BCUT2D eigenvalue weighted by atomic mass is 32.1. The fourth-order valence-electron chi connectivity index (χ4n) is 1.61. The lowest BCUT2D eigenvalue weighted by atomic mass is 10.1. The fraction of sp³-hybridized carbons (Fsp3) is 0.333. The van der Waals surface area contributed by atoms with Gasteiger partial charge in [-0.1, -0.05) is 12.1 Å². The molecule has 0 unspecified atom stereocenters. The zero-order valence-electron chi connectivity index (χ0n) is 11.8. The van der Waals surface area contributed by atoms with Crippen LogP contribution in [-0.4, -0.2) is 35.9 Å². The van der Waals surface area contributed by atoms with Gasteiger partial charge in [-0.15, -0.1) is 0 Å². The molecule has 1 amide bonds. The van der Waals surface area contributed by atoms with Gasteiger partial charge in [-0.25, -0.2) is 0 Å². The minimum absolute atomic E-state index is 0.0998. The average Bonchev–Trinajstić information content (AvgIpc) is 2.46. The molecule has 0 saturated heterocycles. The summed E-state index contributed by atoms with van der Waals surface area (Å²) in [6.07, 6.45) is 1.62. The van der Waals surface area contributed by atoms with Crippen molar-refractivity contribution in [1.29, 1.82) is 0 Å². The van der Waals surface area contributed by atoms with E-state index < -0.39 is 5.97 Å². The maximum Gasteiger partial charge on any atom is 0.305 e. The SMILES string of the molecule is CCOc1ccc(/C=C(/CS)C(=O)NCCC(=O)O)cc1. The van der Waals surface area contributed by atoms with E-state index in [1.165, 1.54) is 0 Å². The van der Waals surface area contributed by atoms with E-state index >= 15 is 0 Å². The highest BCUT2D eigenvalue weighted by Gasteiger charge is 2.08. The van der Waals surface area contributed by atoms with Crippen LogP contribution in [0.4, 0.5) is 0 Å². The van der Waals surface area contributed by atoms with Crippen LogP contribution in [0.1, 0.15) is 18.9 Å². The molecule has 0 bridgehead atoms. The van der Waals surface area contributed by atoms with Gasteiger partial charge in [-0.05, 0) is 30.7 Å². The summed E-state index contributed by atoms with van der Waals surface area (Å²) in [6, 6.07) is 7.35. The fourth-order valence-corrected chi connectivity index (χ4v) is 1.84. The minimum Gasteiger partial charge on any atom is -0.494 e. The van der Waals surface area contributed by atoms with Crippen molar-refractivity contribution in [2.45, 2.75) is 13.3 Å². The van der Waals surface area contributed by atoms with Crippen LogP contribution in [0.25, 0.3) is 6.08 Å². The largest absolute Gasteiger partial charge is 0.494 e. The molecule has 0 aliphatic carbocycles. The molecule has 0 fully saturated rings. The van der Waals surface area contributed by atoms with Crippen LogP contribution >= 0.6 is 12.6 Å². The molecular weight excluding hydrogens is 290 g/mol. The van der Waals surface area contributed by atoms with Gasteiger partial charge in [0.2, 0.25) is 5.91 Å². The van der Waals surface area contributed by atoms with Crippen molar-refractivity contribution < 1.29 is 19.4 Å². The average molecular weight is 309 g/mol. The van der Waals surface area contributed by atoms with Crippen molar-refractivity contribution in [2.75, 3.05) is 18.9 Å². The Bertz CT molecular complexity index is 511. The Balaban J connectivity index is 2.68. The number of carbonyl (C=O) groups is 2. The monoisotopic (exact) mass is 309 g/mol. The molecule has 0 aliphatic heterocycles. The number of hydrogen-bond acceptors (Lipinski definition) is 4. The van der Waals surface area contributed by atoms with Crippen molar-refractivity contribution in [2.24, 2.45) is 0 Å². The normalized spacial score (nSPS) is 11.0. The van der Waals surface area contributed by atoms with Crippen LogP contribution in [0, 0.1) is 0 Å². The third kappa shape index (κ3) is 6.35. The van der Waals surface area contributed by atoms with Crippen LogP contribution in [0.2, 0.25) is 0 Å². The third-order valence-electron chi connectivity index (χ3n) is 2.62. The predicted octanol–water partition coefficient (Wildman–Crippen LogP) is 1.99. The zero-order chi connectivity index (χ0) is 15.7. The number of carboxylic acids is 1. The Labute approximate surface area is 129 Å². The van der Waals surface area contributed by atoms with E-state index in [1.807, 2.05) is 31.2 Å². The first kappa shape index (κ1) is 17.1. The highest BCUT2D eigenvalue weighted by molar-refractivity contribution is 7.80. The van der Waals surface area contributed by atoms with Gasteiger partial charge in [0.25, 0.3) is 0 Å². The third-order valence-corrected chi connectivity index (χ3v) is 2.96. The van der Waals surface area contributed by atoms with Crippen molar-refractivity contribution in [3.8, 4) is 5.75 Å². The molecule has 0 radical (unpaired) electrons. The molecule has 114 valence electrons. The van der Waals surface area contributed by atoms with Crippen LogP contribution in [0.15, 0.2) is 29.8 Å². The molecule has 0 aliphatic rings. The molecule has 5 nitrogen and oxygen atoms in total. The van der Waals surface area contributed by atoms with E-state index in [9.17, 15) is 9.59 Å². The van der Waals surface area contributed by atoms with Gasteiger partial charge < -0.3 is 15.2 Å². The molecule has 0 aromatic heterocycles. The minimum atomic E-state index is -0.946. The van der Waals surface area contributed by atoms with E-state index in [-0.39, 0.29) is 24.6 Å². The van der Waals surface area contributed by atoms with Crippen molar-refractivity contribution >= 4 is 30.6 Å². The van der Waals surface area contributed by atoms with Gasteiger partial charge in [-0.3, -0.25) is 9.59 Å². The summed E-state index contributed by atoms with van der Waals surface area (Å²) in [7, 11) is 0. The highest BCUT2D eigenvalue weighted by Crippen LogP contribution is 2.15. The van der Waals surface area contributed by atoms with Crippen molar-refractivity contribution in [3.05, 3.63) is 35.4 Å². The smallest absolute Gasteiger partial charge is 0.305 e. The molecule has 0 saturated carbocycles. The first-order valence-electron chi connectivity index (χ1n) is 6.61. The summed E-state index contributed by atoms with van der Waals surface area (Å²) >= 11 is 4.13. The summed E-state index contributed by atoms with van der Waals surface area (Å²) in [5, 5.41) is 11.1. The van der Waals surface area contributed by atoms with Crippen molar-refractivity contribution in [1.82, 2.24) is 5.32 Å². The predicted molar refractivity (Wildman–Crippen MR) is 84.7 cm³/mol. The van der Waals surface area contributed by atoms with Gasteiger partial charge in [0.05, 0.1) is 13.0 Å². The molecule has 21 heavy (non-hydrogen) atoms. The van der Waals surface area contributed by atoms with Gasteiger partial charge >= 0.3 is 5.97 Å². The van der Waals surface area contributed by atoms with E-state index in [0.29, 0.717) is 12.2 Å². The number of nitrogens with one attached hydrogen (secondary N) is 1. The topological polar surface area (TPSA) is 75.6 Å². The molecule has 1 aromatic rings. The van der Waals surface area contributed by atoms with Crippen LogP contribution < -0.4 is 10.1 Å². The van der Waals surface area contributed by atoms with Gasteiger partial charge in [0, 0.05) is 17.9 Å². The first-order valence-corrected chi connectivity index (χ1v) is 7.24. The van der Waals surface area contributed by atoms with Gasteiger partial charge in [0.15, 0.2) is 0 Å². The van der Waals surface area contributed by atoms with Crippen LogP contribution in [0.3, 0.4) is 0 Å². The maximum absolute atomic E-state index is 11.9. The van der Waals surface area contributed by atoms with E-state index in [0.717, 1.165) is 11.3 Å². The van der Waals surface area contributed by atoms with Gasteiger partial charge in [0.1, 0.15) is 5.75 Å². The van der Waals surface area contributed by atoms with E-state index in [2.05, 4.69) is 17.9 Å². The number of benzene rings is 1. The summed E-state index contributed by atoms with van der Waals surface area (Å²) in [5.74, 6) is -0.210. The second-order valence-electron chi connectivity index (χ2n) is 4.23. The second kappa shape index (κ2) is 9.07. The lowest BCUT2D eigenvalue weighted by Crippen LogP contribution is -2.27. The quantitative estimate of drug-likeness (QED) is 0.507. The molecule has 2 N–H and O–H groups in total. The Kier molecular flexibility index (Phi) is 7.39. The Morgan fingerprint density at radius 3 is 2.52 bits per heavy atom. The number of amides is 1. The van der Waals surface area contributed by atoms with Crippen LogP contribution in [-0.2, 0) is 9.59 Å². The standard InChI is InChI=1S/C15H19NO4S/c1-2-20-13-5-3-11(4-6-13)9-12(10-21)15(19)16-8-7-14(17)18/h3-6,9,21H,2,7-8,10H2,1H3,(H,16,19)(H,17,18)/b12-9-. The van der Waals surface area contributed by atoms with E-state index in [1.54, 1.807) is 6.08 Å². The number of thiol groups is 1. The summed E-state index contributed by atoms with van der Waals surface area (Å²) in [6.45, 7) is 2.61. The summed E-state index contributed by atoms with van der Waals surface area (Å²) in [4.78, 5) is 22.3. The Hall–Kier alpha value is -1.95. The number of ether oxygens (including phenoxy) is 1. The Morgan fingerprint density at radius 1 is 1.33 bits per heavy atom. The van der Waals surface area contributed by atoms with Gasteiger partial charge in [-0.2, -0.15) is 12.6 Å². The van der Waals surface area contributed by atoms with Crippen molar-refractivity contribution in [3.63, 3.8) is 0 Å². The summed E-state index contributed by atoms with van der Waals surface area (Å²) in [5.41, 5.74) is 1.34. The number of aliphatic carboxylic acids is 1. The van der Waals surface area contributed by atoms with Crippen LogP contribution in [0.5, 0.6) is 5.75 Å². The lowest BCUT2D eigenvalue weighted by Gasteiger charge is -2.07. The Morgan fingerprint density at radius 2 is 2.00 bits per heavy atom. The number of carboxylic acid groups (broad SMARTS) is 1. The zero-order valence-corrected chi connectivity index (χ0v) is 12.7. The maximum atomic E-state index is 11.9. The molecular formula is C15H19NO4S. The molecule has 1 aromatic carbocycles.